The molecule has 1 aliphatic rings. The van der Waals surface area contributed by atoms with Crippen molar-refractivity contribution in [3.8, 4) is 11.5 Å². The van der Waals surface area contributed by atoms with Crippen molar-refractivity contribution in [2.24, 2.45) is 0 Å². The fourth-order valence-corrected chi connectivity index (χ4v) is 3.25. The van der Waals surface area contributed by atoms with Crippen molar-refractivity contribution >= 4 is 11.6 Å². The third-order valence-electron chi connectivity index (χ3n) is 4.72. The molecule has 142 valence electrons. The van der Waals surface area contributed by atoms with E-state index >= 15 is 0 Å². The van der Waals surface area contributed by atoms with Crippen LogP contribution in [-0.2, 0) is 5.66 Å². The molecule has 5 heteroatoms. The maximum absolute atomic E-state index is 12.4. The molecule has 1 amide bonds. The van der Waals surface area contributed by atoms with Crippen LogP contribution in [0.1, 0.15) is 22.8 Å². The van der Waals surface area contributed by atoms with Crippen molar-refractivity contribution in [3.05, 3.63) is 90.0 Å². The van der Waals surface area contributed by atoms with E-state index in [2.05, 4.69) is 10.6 Å². The van der Waals surface area contributed by atoms with Gasteiger partial charge in [0.15, 0.2) is 0 Å². The van der Waals surface area contributed by atoms with Gasteiger partial charge in [-0.15, -0.1) is 0 Å². The van der Waals surface area contributed by atoms with Crippen LogP contribution in [-0.4, -0.2) is 19.1 Å². The van der Waals surface area contributed by atoms with Crippen molar-refractivity contribution in [2.75, 3.05) is 18.5 Å². The van der Waals surface area contributed by atoms with E-state index in [-0.39, 0.29) is 5.91 Å². The van der Waals surface area contributed by atoms with E-state index in [9.17, 15) is 4.79 Å². The highest BCUT2D eigenvalue weighted by Gasteiger charge is 2.34. The topological polar surface area (TPSA) is 59.6 Å². The second-order valence-corrected chi connectivity index (χ2v) is 6.78. The molecule has 1 atom stereocenters. The summed E-state index contributed by atoms with van der Waals surface area (Å²) in [5, 5.41) is 6.46. The van der Waals surface area contributed by atoms with E-state index in [1.165, 1.54) is 0 Å². The van der Waals surface area contributed by atoms with Crippen LogP contribution in [0.3, 0.4) is 0 Å². The number of para-hydroxylation sites is 2. The molecule has 0 bridgehead atoms. The van der Waals surface area contributed by atoms with Gasteiger partial charge in [-0.3, -0.25) is 4.79 Å². The number of carbonyl (C=O) groups is 1. The molecular formula is C23H22N2O3. The smallest absolute Gasteiger partial charge is 0.255 e. The van der Waals surface area contributed by atoms with Crippen LogP contribution < -0.4 is 20.1 Å². The number of fused-ring (bicyclic) bond motifs is 1. The zero-order chi connectivity index (χ0) is 19.4. The highest BCUT2D eigenvalue weighted by Crippen LogP contribution is 2.31. The molecule has 4 rings (SSSR count). The Hall–Kier alpha value is -3.47. The molecule has 3 aromatic rings. The van der Waals surface area contributed by atoms with Gasteiger partial charge in [0.25, 0.3) is 5.91 Å². The van der Waals surface area contributed by atoms with Gasteiger partial charge < -0.3 is 20.1 Å². The minimum absolute atomic E-state index is 0.0877. The summed E-state index contributed by atoms with van der Waals surface area (Å²) in [6.45, 7) is 2.87. The maximum Gasteiger partial charge on any atom is 0.255 e. The zero-order valence-electron chi connectivity index (χ0n) is 15.6. The second kappa shape index (κ2) is 7.64. The maximum atomic E-state index is 12.4. The molecule has 3 aromatic carbocycles. The van der Waals surface area contributed by atoms with Crippen molar-refractivity contribution in [1.82, 2.24) is 5.32 Å². The van der Waals surface area contributed by atoms with Gasteiger partial charge in [0.1, 0.15) is 30.4 Å². The fourth-order valence-electron chi connectivity index (χ4n) is 3.25. The molecule has 0 fully saturated rings. The molecule has 28 heavy (non-hydrogen) atoms. The van der Waals surface area contributed by atoms with E-state index in [0.29, 0.717) is 18.8 Å². The van der Waals surface area contributed by atoms with Gasteiger partial charge in [-0.2, -0.15) is 0 Å². The predicted octanol–water partition coefficient (Wildman–Crippen LogP) is 4.17. The van der Waals surface area contributed by atoms with Crippen molar-refractivity contribution in [2.45, 2.75) is 12.6 Å². The predicted molar refractivity (Wildman–Crippen MR) is 109 cm³/mol. The average Bonchev–Trinajstić information content (AvgIpc) is 2.72. The van der Waals surface area contributed by atoms with E-state index < -0.39 is 5.66 Å². The van der Waals surface area contributed by atoms with Crippen LogP contribution in [0.4, 0.5) is 5.69 Å². The number of benzene rings is 3. The summed E-state index contributed by atoms with van der Waals surface area (Å²) in [4.78, 5) is 12.4. The lowest BCUT2D eigenvalue weighted by Crippen LogP contribution is -2.52. The lowest BCUT2D eigenvalue weighted by molar-refractivity contribution is 0.0906. The first-order valence-electron chi connectivity index (χ1n) is 9.25. The first-order valence-corrected chi connectivity index (χ1v) is 9.25. The molecule has 2 N–H and O–H groups in total. The van der Waals surface area contributed by atoms with E-state index in [0.717, 1.165) is 22.7 Å². The van der Waals surface area contributed by atoms with Crippen LogP contribution in [0.2, 0.25) is 0 Å². The summed E-state index contributed by atoms with van der Waals surface area (Å²) in [6, 6.07) is 24.9. The Labute approximate surface area is 164 Å². The first-order chi connectivity index (χ1) is 13.6. The van der Waals surface area contributed by atoms with Crippen LogP contribution in [0, 0.1) is 0 Å². The minimum atomic E-state index is -0.680. The Balaban J connectivity index is 1.37. The van der Waals surface area contributed by atoms with Crippen molar-refractivity contribution in [3.63, 3.8) is 0 Å². The number of hydrogen-bond donors (Lipinski definition) is 2. The fraction of sp³-hybridized carbons (Fsp3) is 0.174. The molecule has 0 spiro atoms. The third kappa shape index (κ3) is 3.78. The third-order valence-corrected chi connectivity index (χ3v) is 4.72. The molecule has 1 heterocycles. The molecular weight excluding hydrogens is 352 g/mol. The highest BCUT2D eigenvalue weighted by atomic mass is 16.5. The van der Waals surface area contributed by atoms with E-state index in [1.807, 2.05) is 85.8 Å². The lowest BCUT2D eigenvalue weighted by atomic mass is 9.96. The molecule has 0 saturated heterocycles. The van der Waals surface area contributed by atoms with Crippen LogP contribution >= 0.6 is 0 Å². The molecule has 0 aromatic heterocycles. The summed E-state index contributed by atoms with van der Waals surface area (Å²) in [5.74, 6) is 1.50. The lowest BCUT2D eigenvalue weighted by Gasteiger charge is -2.38. The molecule has 1 aliphatic heterocycles. The molecule has 0 radical (unpaired) electrons. The Morgan fingerprint density at radius 2 is 1.36 bits per heavy atom. The van der Waals surface area contributed by atoms with Crippen LogP contribution in [0.25, 0.3) is 0 Å². The number of rotatable bonds is 6. The van der Waals surface area contributed by atoms with Gasteiger partial charge in [-0.25, -0.2) is 0 Å². The Bertz CT molecular complexity index is 957. The van der Waals surface area contributed by atoms with Crippen LogP contribution in [0.15, 0.2) is 78.9 Å². The van der Waals surface area contributed by atoms with Gasteiger partial charge in [0, 0.05) is 5.69 Å². The molecule has 1 unspecified atom stereocenters. The van der Waals surface area contributed by atoms with Crippen molar-refractivity contribution < 1.29 is 14.3 Å². The SMILES string of the molecule is CC1(c2ccc(OCCOc3ccccc3)cc2)NC(=O)c2ccccc2N1. The average molecular weight is 374 g/mol. The molecule has 5 nitrogen and oxygen atoms in total. The number of ether oxygens (including phenoxy) is 2. The number of nitrogens with one attached hydrogen (secondary N) is 2. The van der Waals surface area contributed by atoms with Crippen LogP contribution in [0.5, 0.6) is 11.5 Å². The second-order valence-electron chi connectivity index (χ2n) is 6.78. The Kier molecular flexibility index (Phi) is 4.89. The number of hydrogen-bond acceptors (Lipinski definition) is 4. The quantitative estimate of drug-likeness (QED) is 0.636. The van der Waals surface area contributed by atoms with Gasteiger partial charge >= 0.3 is 0 Å². The summed E-state index contributed by atoms with van der Waals surface area (Å²) >= 11 is 0. The van der Waals surface area contributed by atoms with Gasteiger partial charge in [0.2, 0.25) is 0 Å². The summed E-state index contributed by atoms with van der Waals surface area (Å²) in [7, 11) is 0. The summed E-state index contributed by atoms with van der Waals surface area (Å²) < 4.78 is 11.4. The standard InChI is InChI=1S/C23H22N2O3/c1-23(24-21-10-6-5-9-20(21)22(26)25-23)17-11-13-19(14-12-17)28-16-15-27-18-7-3-2-4-8-18/h2-14,24H,15-16H2,1H3,(H,25,26). The Morgan fingerprint density at radius 1 is 0.750 bits per heavy atom. The van der Waals surface area contributed by atoms with E-state index in [4.69, 9.17) is 9.47 Å². The van der Waals surface area contributed by atoms with Crippen molar-refractivity contribution in [1.29, 1.82) is 0 Å². The summed E-state index contributed by atoms with van der Waals surface area (Å²) in [6.07, 6.45) is 0. The van der Waals surface area contributed by atoms with E-state index in [1.54, 1.807) is 0 Å². The minimum Gasteiger partial charge on any atom is -0.490 e. The number of anilines is 1. The normalized spacial score (nSPS) is 17.8. The highest BCUT2D eigenvalue weighted by molar-refractivity contribution is 6.02. The first kappa shape index (κ1) is 17.9. The zero-order valence-corrected chi connectivity index (χ0v) is 15.6. The van der Waals surface area contributed by atoms with Gasteiger partial charge in [0.05, 0.1) is 5.56 Å². The van der Waals surface area contributed by atoms with Gasteiger partial charge in [-0.05, 0) is 48.9 Å². The number of amides is 1. The molecule has 0 saturated carbocycles. The Morgan fingerprint density at radius 3 is 2.07 bits per heavy atom. The number of carbonyl (C=O) groups excluding carboxylic acids is 1. The molecule has 0 aliphatic carbocycles. The summed E-state index contributed by atoms with van der Waals surface area (Å²) in [5.41, 5.74) is 1.74. The largest absolute Gasteiger partial charge is 0.490 e. The monoisotopic (exact) mass is 374 g/mol. The van der Waals surface area contributed by atoms with Gasteiger partial charge in [-0.1, -0.05) is 42.5 Å².